The van der Waals surface area contributed by atoms with E-state index in [4.69, 9.17) is 15.5 Å². The Morgan fingerprint density at radius 3 is 3.06 bits per heavy atom. The average Bonchev–Trinajstić information content (AvgIpc) is 2.78. The third kappa shape index (κ3) is 2.02. The summed E-state index contributed by atoms with van der Waals surface area (Å²) < 4.78 is 7.94. The van der Waals surface area contributed by atoms with Crippen molar-refractivity contribution in [3.63, 3.8) is 0 Å². The molecule has 96 valence electrons. The van der Waals surface area contributed by atoms with Crippen molar-refractivity contribution in [1.29, 1.82) is 0 Å². The molecule has 4 nitrogen and oxygen atoms in total. The third-order valence-electron chi connectivity index (χ3n) is 3.54. The standard InChI is InChI=1S/C14H19N3O/c15-8-7-14-16-12-5-1-2-6-13(12)17(14)11-4-3-9-18-10-11/h1-2,5-6,11H,3-4,7-10,15H2. The molecule has 3 rings (SSSR count). The summed E-state index contributed by atoms with van der Waals surface area (Å²) in [4.78, 5) is 4.71. The normalized spacial score (nSPS) is 20.4. The molecule has 2 aromatic rings. The van der Waals surface area contributed by atoms with Crippen LogP contribution in [0.2, 0.25) is 0 Å². The Balaban J connectivity index is 2.07. The highest BCUT2D eigenvalue weighted by Gasteiger charge is 2.21. The van der Waals surface area contributed by atoms with E-state index in [1.807, 2.05) is 6.07 Å². The molecule has 1 unspecified atom stereocenters. The number of imidazole rings is 1. The van der Waals surface area contributed by atoms with Gasteiger partial charge in [-0.05, 0) is 31.5 Å². The number of rotatable bonds is 3. The van der Waals surface area contributed by atoms with E-state index in [1.54, 1.807) is 0 Å². The van der Waals surface area contributed by atoms with E-state index < -0.39 is 0 Å². The van der Waals surface area contributed by atoms with E-state index in [1.165, 1.54) is 5.52 Å². The minimum Gasteiger partial charge on any atom is -0.379 e. The van der Waals surface area contributed by atoms with Crippen molar-refractivity contribution in [3.05, 3.63) is 30.1 Å². The van der Waals surface area contributed by atoms with Crippen molar-refractivity contribution >= 4 is 11.0 Å². The lowest BCUT2D eigenvalue weighted by molar-refractivity contribution is 0.0595. The first-order chi connectivity index (χ1) is 8.90. The van der Waals surface area contributed by atoms with E-state index in [0.29, 0.717) is 12.6 Å². The number of fused-ring (bicyclic) bond motifs is 1. The van der Waals surface area contributed by atoms with Crippen LogP contribution >= 0.6 is 0 Å². The van der Waals surface area contributed by atoms with Gasteiger partial charge in [0.05, 0.1) is 23.7 Å². The van der Waals surface area contributed by atoms with Crippen LogP contribution in [0.3, 0.4) is 0 Å². The third-order valence-corrected chi connectivity index (χ3v) is 3.54. The minimum absolute atomic E-state index is 0.410. The van der Waals surface area contributed by atoms with Crippen molar-refractivity contribution in [1.82, 2.24) is 9.55 Å². The molecule has 1 atom stereocenters. The monoisotopic (exact) mass is 245 g/mol. The van der Waals surface area contributed by atoms with E-state index in [0.717, 1.165) is 43.8 Å². The van der Waals surface area contributed by atoms with Gasteiger partial charge in [-0.15, -0.1) is 0 Å². The Kier molecular flexibility index (Phi) is 3.30. The van der Waals surface area contributed by atoms with Crippen molar-refractivity contribution in [2.75, 3.05) is 19.8 Å². The Labute approximate surface area is 107 Å². The fourth-order valence-corrected chi connectivity index (χ4v) is 2.73. The number of hydrogen-bond donors (Lipinski definition) is 1. The predicted octanol–water partition coefficient (Wildman–Crippen LogP) is 1.89. The summed E-state index contributed by atoms with van der Waals surface area (Å²) in [6, 6.07) is 8.71. The zero-order valence-corrected chi connectivity index (χ0v) is 10.5. The van der Waals surface area contributed by atoms with Gasteiger partial charge in [0, 0.05) is 13.0 Å². The average molecular weight is 245 g/mol. The highest BCUT2D eigenvalue weighted by Crippen LogP contribution is 2.26. The topological polar surface area (TPSA) is 53.1 Å². The van der Waals surface area contributed by atoms with Gasteiger partial charge in [-0.3, -0.25) is 0 Å². The fraction of sp³-hybridized carbons (Fsp3) is 0.500. The van der Waals surface area contributed by atoms with Crippen LogP contribution in [0.15, 0.2) is 24.3 Å². The van der Waals surface area contributed by atoms with Crippen LogP contribution in [0, 0.1) is 0 Å². The molecule has 0 spiro atoms. The number of ether oxygens (including phenoxy) is 1. The summed E-state index contributed by atoms with van der Waals surface area (Å²) in [5, 5.41) is 0. The molecular weight excluding hydrogens is 226 g/mol. The first-order valence-corrected chi connectivity index (χ1v) is 6.64. The van der Waals surface area contributed by atoms with Crippen LogP contribution in [-0.4, -0.2) is 29.3 Å². The number of nitrogens with zero attached hydrogens (tertiary/aromatic N) is 2. The molecule has 4 heteroatoms. The summed E-state index contributed by atoms with van der Waals surface area (Å²) in [6.07, 6.45) is 3.11. The first kappa shape index (κ1) is 11.7. The van der Waals surface area contributed by atoms with Crippen molar-refractivity contribution in [3.8, 4) is 0 Å². The van der Waals surface area contributed by atoms with E-state index in [-0.39, 0.29) is 0 Å². The predicted molar refractivity (Wildman–Crippen MR) is 71.6 cm³/mol. The van der Waals surface area contributed by atoms with Crippen LogP contribution in [0.5, 0.6) is 0 Å². The number of benzene rings is 1. The molecular formula is C14H19N3O. The number of hydrogen-bond acceptors (Lipinski definition) is 3. The lowest BCUT2D eigenvalue weighted by Crippen LogP contribution is -2.23. The zero-order chi connectivity index (χ0) is 12.4. The van der Waals surface area contributed by atoms with E-state index >= 15 is 0 Å². The van der Waals surface area contributed by atoms with Gasteiger partial charge in [-0.1, -0.05) is 12.1 Å². The summed E-state index contributed by atoms with van der Waals surface area (Å²) in [5.74, 6) is 1.09. The Hall–Kier alpha value is -1.39. The molecule has 1 saturated heterocycles. The maximum absolute atomic E-state index is 5.70. The quantitative estimate of drug-likeness (QED) is 0.898. The summed E-state index contributed by atoms with van der Waals surface area (Å²) in [7, 11) is 0. The minimum atomic E-state index is 0.410. The maximum Gasteiger partial charge on any atom is 0.111 e. The van der Waals surface area contributed by atoms with Crippen LogP contribution in [-0.2, 0) is 11.2 Å². The van der Waals surface area contributed by atoms with Crippen LogP contribution < -0.4 is 5.73 Å². The van der Waals surface area contributed by atoms with Crippen LogP contribution in [0.4, 0.5) is 0 Å². The van der Waals surface area contributed by atoms with Crippen LogP contribution in [0.25, 0.3) is 11.0 Å². The van der Waals surface area contributed by atoms with Crippen molar-refractivity contribution < 1.29 is 4.74 Å². The van der Waals surface area contributed by atoms with Crippen LogP contribution in [0.1, 0.15) is 24.7 Å². The molecule has 0 radical (unpaired) electrons. The van der Waals surface area contributed by atoms with Gasteiger partial charge in [0.1, 0.15) is 5.82 Å². The molecule has 0 bridgehead atoms. The molecule has 2 heterocycles. The number of para-hydroxylation sites is 2. The molecule has 1 fully saturated rings. The van der Waals surface area contributed by atoms with Gasteiger partial charge in [0.25, 0.3) is 0 Å². The highest BCUT2D eigenvalue weighted by molar-refractivity contribution is 5.76. The number of aromatic nitrogens is 2. The van der Waals surface area contributed by atoms with Crippen molar-refractivity contribution in [2.45, 2.75) is 25.3 Å². The molecule has 1 aliphatic rings. The molecule has 1 aliphatic heterocycles. The van der Waals surface area contributed by atoms with E-state index in [9.17, 15) is 0 Å². The summed E-state index contributed by atoms with van der Waals surface area (Å²) in [5.41, 5.74) is 7.96. The largest absolute Gasteiger partial charge is 0.379 e. The fourth-order valence-electron chi connectivity index (χ4n) is 2.73. The van der Waals surface area contributed by atoms with Gasteiger partial charge in [-0.25, -0.2) is 4.98 Å². The molecule has 0 amide bonds. The van der Waals surface area contributed by atoms with Gasteiger partial charge < -0.3 is 15.0 Å². The SMILES string of the molecule is NCCc1nc2ccccc2n1C1CCCOC1. The molecule has 1 aromatic heterocycles. The highest BCUT2D eigenvalue weighted by atomic mass is 16.5. The lowest BCUT2D eigenvalue weighted by Gasteiger charge is -2.25. The van der Waals surface area contributed by atoms with Crippen molar-refractivity contribution in [2.24, 2.45) is 5.73 Å². The lowest BCUT2D eigenvalue weighted by atomic mass is 10.1. The second-order valence-corrected chi connectivity index (χ2v) is 4.80. The molecule has 1 aromatic carbocycles. The molecule has 0 aliphatic carbocycles. The zero-order valence-electron chi connectivity index (χ0n) is 10.5. The smallest absolute Gasteiger partial charge is 0.111 e. The maximum atomic E-state index is 5.70. The summed E-state index contributed by atoms with van der Waals surface area (Å²) in [6.45, 7) is 2.31. The first-order valence-electron chi connectivity index (χ1n) is 6.64. The van der Waals surface area contributed by atoms with Gasteiger partial charge >= 0.3 is 0 Å². The Morgan fingerprint density at radius 1 is 1.39 bits per heavy atom. The molecule has 18 heavy (non-hydrogen) atoms. The van der Waals surface area contributed by atoms with Gasteiger partial charge in [-0.2, -0.15) is 0 Å². The van der Waals surface area contributed by atoms with E-state index in [2.05, 4.69) is 22.8 Å². The molecule has 0 saturated carbocycles. The summed E-state index contributed by atoms with van der Waals surface area (Å²) >= 11 is 0. The second kappa shape index (κ2) is 5.08. The van der Waals surface area contributed by atoms with Gasteiger partial charge in [0.2, 0.25) is 0 Å². The molecule has 2 N–H and O–H groups in total. The Bertz CT molecular complexity index is 529. The van der Waals surface area contributed by atoms with Gasteiger partial charge in [0.15, 0.2) is 0 Å². The Morgan fingerprint density at radius 2 is 2.28 bits per heavy atom. The number of nitrogens with two attached hydrogens (primary N) is 1. The second-order valence-electron chi connectivity index (χ2n) is 4.80.